The van der Waals surface area contributed by atoms with Crippen LogP contribution < -0.4 is 11.1 Å². The molecule has 1 aromatic carbocycles. The summed E-state index contributed by atoms with van der Waals surface area (Å²) in [6.07, 6.45) is 1.85. The lowest BCUT2D eigenvalue weighted by atomic mass is 10.3. The van der Waals surface area contributed by atoms with E-state index in [9.17, 15) is 4.79 Å². The molecule has 3 N–H and O–H groups in total. The average molecular weight is 260 g/mol. The number of nitrogens with two attached hydrogens (primary N) is 1. The summed E-state index contributed by atoms with van der Waals surface area (Å²) in [7, 11) is 0. The third-order valence-electron chi connectivity index (χ3n) is 3.00. The van der Waals surface area contributed by atoms with Crippen LogP contribution in [0.1, 0.15) is 26.1 Å². The Kier molecular flexibility index (Phi) is 4.04. The quantitative estimate of drug-likeness (QED) is 0.804. The Bertz CT molecular complexity index is 588. The van der Waals surface area contributed by atoms with Crippen molar-refractivity contribution < 1.29 is 4.79 Å². The largest absolute Gasteiger partial charge is 0.399 e. The number of amides is 1. The molecule has 5 nitrogen and oxygen atoms in total. The molecule has 0 aliphatic rings. The standard InChI is InChI=1S/C14H20N4O/c1-3-5-13-17-11-8-10(15)6-7-12(11)18(13)9-14(19)16-4-2/h6-8H,3-5,9,15H2,1-2H3,(H,16,19). The Morgan fingerprint density at radius 3 is 2.89 bits per heavy atom. The van der Waals surface area contributed by atoms with Crippen molar-refractivity contribution in [2.75, 3.05) is 12.3 Å². The second-order valence-corrected chi connectivity index (χ2v) is 4.57. The number of likely N-dealkylation sites (N-methyl/N-ethyl adjacent to an activating group) is 1. The molecule has 2 aromatic rings. The molecule has 1 aromatic heterocycles. The molecule has 0 aliphatic heterocycles. The number of rotatable bonds is 5. The summed E-state index contributed by atoms with van der Waals surface area (Å²) in [4.78, 5) is 16.4. The molecule has 5 heteroatoms. The second-order valence-electron chi connectivity index (χ2n) is 4.57. The molecule has 1 heterocycles. The van der Waals surface area contributed by atoms with Gasteiger partial charge in [-0.05, 0) is 31.5 Å². The fourth-order valence-corrected chi connectivity index (χ4v) is 2.18. The smallest absolute Gasteiger partial charge is 0.239 e. The number of benzene rings is 1. The van der Waals surface area contributed by atoms with Crippen molar-refractivity contribution in [3.8, 4) is 0 Å². The van der Waals surface area contributed by atoms with Gasteiger partial charge in [-0.25, -0.2) is 4.98 Å². The maximum absolute atomic E-state index is 11.8. The molecule has 0 bridgehead atoms. The highest BCUT2D eigenvalue weighted by Gasteiger charge is 2.12. The minimum atomic E-state index is 0.0102. The summed E-state index contributed by atoms with van der Waals surface area (Å²) >= 11 is 0. The topological polar surface area (TPSA) is 72.9 Å². The number of hydrogen-bond donors (Lipinski definition) is 2. The van der Waals surface area contributed by atoms with Crippen LogP contribution in [-0.2, 0) is 17.8 Å². The molecular formula is C14H20N4O. The van der Waals surface area contributed by atoms with Gasteiger partial charge in [-0.2, -0.15) is 0 Å². The molecular weight excluding hydrogens is 240 g/mol. The van der Waals surface area contributed by atoms with E-state index < -0.39 is 0 Å². The molecule has 102 valence electrons. The van der Waals surface area contributed by atoms with Gasteiger partial charge >= 0.3 is 0 Å². The second kappa shape index (κ2) is 5.73. The van der Waals surface area contributed by atoms with E-state index in [1.807, 2.05) is 29.7 Å². The van der Waals surface area contributed by atoms with Crippen molar-refractivity contribution in [2.24, 2.45) is 0 Å². The minimum Gasteiger partial charge on any atom is -0.399 e. The highest BCUT2D eigenvalue weighted by Crippen LogP contribution is 2.20. The molecule has 0 saturated carbocycles. The zero-order valence-corrected chi connectivity index (χ0v) is 11.4. The first-order valence-electron chi connectivity index (χ1n) is 6.67. The van der Waals surface area contributed by atoms with E-state index in [4.69, 9.17) is 5.73 Å². The predicted molar refractivity (Wildman–Crippen MR) is 76.8 cm³/mol. The molecule has 19 heavy (non-hydrogen) atoms. The number of imidazole rings is 1. The number of aromatic nitrogens is 2. The first-order chi connectivity index (χ1) is 9.15. The third kappa shape index (κ3) is 2.86. The lowest BCUT2D eigenvalue weighted by Gasteiger charge is -2.08. The van der Waals surface area contributed by atoms with Crippen LogP contribution in [0.4, 0.5) is 5.69 Å². The van der Waals surface area contributed by atoms with E-state index in [1.165, 1.54) is 0 Å². The Morgan fingerprint density at radius 2 is 2.21 bits per heavy atom. The molecule has 1 amide bonds. The normalized spacial score (nSPS) is 10.8. The number of anilines is 1. The van der Waals surface area contributed by atoms with Gasteiger partial charge < -0.3 is 15.6 Å². The van der Waals surface area contributed by atoms with Gasteiger partial charge in [-0.15, -0.1) is 0 Å². The van der Waals surface area contributed by atoms with Crippen LogP contribution in [0.5, 0.6) is 0 Å². The van der Waals surface area contributed by atoms with Crippen LogP contribution in [0.15, 0.2) is 18.2 Å². The summed E-state index contributed by atoms with van der Waals surface area (Å²) in [6.45, 7) is 4.97. The fourth-order valence-electron chi connectivity index (χ4n) is 2.18. The third-order valence-corrected chi connectivity index (χ3v) is 3.00. The molecule has 0 fully saturated rings. The molecule has 0 spiro atoms. The van der Waals surface area contributed by atoms with Gasteiger partial charge in [0.15, 0.2) is 0 Å². The summed E-state index contributed by atoms with van der Waals surface area (Å²) in [6, 6.07) is 5.62. The SMILES string of the molecule is CCCc1nc2cc(N)ccc2n1CC(=O)NCC. The predicted octanol–water partition coefficient (Wildman–Crippen LogP) is 1.71. The van der Waals surface area contributed by atoms with Crippen molar-refractivity contribution in [2.45, 2.75) is 33.2 Å². The van der Waals surface area contributed by atoms with Crippen LogP contribution in [0.25, 0.3) is 11.0 Å². The molecule has 2 rings (SSSR count). The van der Waals surface area contributed by atoms with Gasteiger partial charge in [0.25, 0.3) is 0 Å². The van der Waals surface area contributed by atoms with Crippen molar-refractivity contribution in [1.29, 1.82) is 0 Å². The highest BCUT2D eigenvalue weighted by atomic mass is 16.1. The van der Waals surface area contributed by atoms with E-state index in [1.54, 1.807) is 0 Å². The number of nitrogen functional groups attached to an aromatic ring is 1. The van der Waals surface area contributed by atoms with E-state index in [0.29, 0.717) is 18.8 Å². The zero-order chi connectivity index (χ0) is 13.8. The Balaban J connectivity index is 2.42. The number of carbonyl (C=O) groups is 1. The first kappa shape index (κ1) is 13.4. The van der Waals surface area contributed by atoms with Crippen molar-refractivity contribution in [3.05, 3.63) is 24.0 Å². The monoisotopic (exact) mass is 260 g/mol. The average Bonchev–Trinajstić information content (AvgIpc) is 2.67. The van der Waals surface area contributed by atoms with E-state index in [-0.39, 0.29) is 5.91 Å². The number of aryl methyl sites for hydroxylation is 1. The van der Waals surface area contributed by atoms with E-state index in [0.717, 1.165) is 29.7 Å². The molecule has 0 aliphatic carbocycles. The Hall–Kier alpha value is -2.04. The molecule has 0 radical (unpaired) electrons. The Labute approximate surface area is 112 Å². The Morgan fingerprint density at radius 1 is 1.42 bits per heavy atom. The maximum Gasteiger partial charge on any atom is 0.239 e. The lowest BCUT2D eigenvalue weighted by Crippen LogP contribution is -2.27. The van der Waals surface area contributed by atoms with Crippen molar-refractivity contribution in [1.82, 2.24) is 14.9 Å². The molecule has 0 unspecified atom stereocenters. The number of nitrogens with one attached hydrogen (secondary N) is 1. The van der Waals surface area contributed by atoms with Gasteiger partial charge in [-0.3, -0.25) is 4.79 Å². The van der Waals surface area contributed by atoms with Crippen LogP contribution in [0.3, 0.4) is 0 Å². The fraction of sp³-hybridized carbons (Fsp3) is 0.429. The number of carbonyl (C=O) groups excluding carboxylic acids is 1. The van der Waals surface area contributed by atoms with Crippen LogP contribution in [0, 0.1) is 0 Å². The summed E-state index contributed by atoms with van der Waals surface area (Å²) in [5.41, 5.74) is 8.29. The van der Waals surface area contributed by atoms with Crippen LogP contribution in [-0.4, -0.2) is 22.0 Å². The van der Waals surface area contributed by atoms with Crippen LogP contribution >= 0.6 is 0 Å². The summed E-state index contributed by atoms with van der Waals surface area (Å²) < 4.78 is 1.98. The maximum atomic E-state index is 11.8. The van der Waals surface area contributed by atoms with Crippen molar-refractivity contribution >= 4 is 22.6 Å². The minimum absolute atomic E-state index is 0.0102. The lowest BCUT2D eigenvalue weighted by molar-refractivity contribution is -0.121. The van der Waals surface area contributed by atoms with Crippen molar-refractivity contribution in [3.63, 3.8) is 0 Å². The zero-order valence-electron chi connectivity index (χ0n) is 11.4. The summed E-state index contributed by atoms with van der Waals surface area (Å²) in [5, 5.41) is 2.82. The van der Waals surface area contributed by atoms with Gasteiger partial charge in [0.1, 0.15) is 12.4 Å². The molecule has 0 atom stereocenters. The van der Waals surface area contributed by atoms with Gasteiger partial charge in [0, 0.05) is 18.7 Å². The summed E-state index contributed by atoms with van der Waals surface area (Å²) in [5.74, 6) is 0.949. The highest BCUT2D eigenvalue weighted by molar-refractivity contribution is 5.83. The van der Waals surface area contributed by atoms with Gasteiger partial charge in [-0.1, -0.05) is 6.92 Å². The number of nitrogens with zero attached hydrogens (tertiary/aromatic N) is 2. The number of hydrogen-bond acceptors (Lipinski definition) is 3. The molecule has 0 saturated heterocycles. The first-order valence-corrected chi connectivity index (χ1v) is 6.67. The number of fused-ring (bicyclic) bond motifs is 1. The van der Waals surface area contributed by atoms with Gasteiger partial charge in [0.05, 0.1) is 11.0 Å². The van der Waals surface area contributed by atoms with E-state index in [2.05, 4.69) is 17.2 Å². The van der Waals surface area contributed by atoms with Gasteiger partial charge in [0.2, 0.25) is 5.91 Å². The van der Waals surface area contributed by atoms with Crippen LogP contribution in [0.2, 0.25) is 0 Å². The van der Waals surface area contributed by atoms with E-state index >= 15 is 0 Å².